The van der Waals surface area contributed by atoms with Crippen molar-refractivity contribution in [2.24, 2.45) is 0 Å². The van der Waals surface area contributed by atoms with Crippen molar-refractivity contribution in [3.8, 4) is 5.88 Å². The Hall–Kier alpha value is -2.15. The first kappa shape index (κ1) is 15.2. The van der Waals surface area contributed by atoms with Gasteiger partial charge in [0.25, 0.3) is 0 Å². The maximum atomic E-state index is 11.7. The summed E-state index contributed by atoms with van der Waals surface area (Å²) < 4.78 is 5.04. The summed E-state index contributed by atoms with van der Waals surface area (Å²) in [6.45, 7) is 2.93. The highest BCUT2D eigenvalue weighted by atomic mass is 32.1. The van der Waals surface area contributed by atoms with Gasteiger partial charge in [0.05, 0.1) is 24.4 Å². The maximum absolute atomic E-state index is 11.7. The molecule has 0 aliphatic heterocycles. The molecular formula is C14H18N4O2S. The summed E-state index contributed by atoms with van der Waals surface area (Å²) in [5.41, 5.74) is 0.748. The highest BCUT2D eigenvalue weighted by Gasteiger charge is 2.09. The number of thiazole rings is 1. The highest BCUT2D eigenvalue weighted by Crippen LogP contribution is 2.16. The minimum atomic E-state index is -0.219. The maximum Gasteiger partial charge on any atom is 0.315 e. The van der Waals surface area contributed by atoms with Crippen molar-refractivity contribution in [2.75, 3.05) is 13.7 Å². The topological polar surface area (TPSA) is 76.1 Å². The van der Waals surface area contributed by atoms with Crippen molar-refractivity contribution in [1.82, 2.24) is 20.6 Å². The van der Waals surface area contributed by atoms with Crippen molar-refractivity contribution in [3.63, 3.8) is 0 Å². The van der Waals surface area contributed by atoms with Crippen LogP contribution in [0.25, 0.3) is 0 Å². The minimum absolute atomic E-state index is 0.200. The number of pyridine rings is 1. The van der Waals surface area contributed by atoms with Crippen LogP contribution in [0.4, 0.5) is 4.79 Å². The normalized spacial score (nSPS) is 11.7. The second kappa shape index (κ2) is 7.58. The van der Waals surface area contributed by atoms with Crippen molar-refractivity contribution >= 4 is 17.4 Å². The number of rotatable bonds is 6. The molecule has 2 heterocycles. The third-order valence-corrected chi connectivity index (χ3v) is 3.87. The van der Waals surface area contributed by atoms with E-state index in [1.54, 1.807) is 30.7 Å². The first-order valence-electron chi connectivity index (χ1n) is 6.60. The van der Waals surface area contributed by atoms with Crippen LogP contribution in [-0.2, 0) is 6.54 Å². The lowest BCUT2D eigenvalue weighted by Gasteiger charge is -2.11. The zero-order valence-electron chi connectivity index (χ0n) is 12.0. The van der Waals surface area contributed by atoms with Gasteiger partial charge in [-0.1, -0.05) is 13.0 Å². The molecule has 112 valence electrons. The molecule has 0 radical (unpaired) electrons. The van der Waals surface area contributed by atoms with E-state index in [9.17, 15) is 4.79 Å². The number of nitrogens with zero attached hydrogens (tertiary/aromatic N) is 2. The highest BCUT2D eigenvalue weighted by molar-refractivity contribution is 7.09. The smallest absolute Gasteiger partial charge is 0.315 e. The van der Waals surface area contributed by atoms with Gasteiger partial charge >= 0.3 is 6.03 Å². The summed E-state index contributed by atoms with van der Waals surface area (Å²) in [5.74, 6) is 0.734. The van der Waals surface area contributed by atoms with Gasteiger partial charge in [-0.05, 0) is 6.07 Å². The van der Waals surface area contributed by atoms with Gasteiger partial charge in [0, 0.05) is 30.1 Å². The third kappa shape index (κ3) is 4.71. The number of carbonyl (C=O) groups is 1. The van der Waals surface area contributed by atoms with E-state index in [1.807, 2.05) is 24.4 Å². The Morgan fingerprint density at radius 1 is 1.43 bits per heavy atom. The molecule has 2 rings (SSSR count). The minimum Gasteiger partial charge on any atom is -0.481 e. The molecule has 2 aromatic heterocycles. The molecule has 21 heavy (non-hydrogen) atoms. The largest absolute Gasteiger partial charge is 0.481 e. The summed E-state index contributed by atoms with van der Waals surface area (Å²) in [5, 5.41) is 8.54. The number of hydrogen-bond acceptors (Lipinski definition) is 5. The molecule has 0 aliphatic rings. The molecule has 0 aromatic carbocycles. The van der Waals surface area contributed by atoms with E-state index in [2.05, 4.69) is 20.6 Å². The number of urea groups is 1. The van der Waals surface area contributed by atoms with Crippen LogP contribution in [0.15, 0.2) is 29.8 Å². The number of amides is 2. The molecule has 1 atom stereocenters. The fourth-order valence-electron chi connectivity index (χ4n) is 1.71. The van der Waals surface area contributed by atoms with Gasteiger partial charge in [0.15, 0.2) is 0 Å². The molecule has 0 aliphatic carbocycles. The first-order chi connectivity index (χ1) is 10.2. The Morgan fingerprint density at radius 3 is 3.00 bits per heavy atom. The second-order valence-electron chi connectivity index (χ2n) is 4.51. The SMILES string of the molecule is COc1cccc(CNC(=O)NCC(C)c2nccs2)n1. The molecule has 2 amide bonds. The lowest BCUT2D eigenvalue weighted by Crippen LogP contribution is -2.37. The van der Waals surface area contributed by atoms with E-state index < -0.39 is 0 Å². The molecular weight excluding hydrogens is 288 g/mol. The van der Waals surface area contributed by atoms with Gasteiger partial charge in [0.1, 0.15) is 0 Å². The van der Waals surface area contributed by atoms with Crippen LogP contribution in [0.1, 0.15) is 23.5 Å². The first-order valence-corrected chi connectivity index (χ1v) is 7.48. The van der Waals surface area contributed by atoms with Gasteiger partial charge in [-0.25, -0.2) is 14.8 Å². The monoisotopic (exact) mass is 306 g/mol. The van der Waals surface area contributed by atoms with Crippen LogP contribution < -0.4 is 15.4 Å². The zero-order valence-corrected chi connectivity index (χ0v) is 12.8. The molecule has 1 unspecified atom stereocenters. The van der Waals surface area contributed by atoms with Crippen LogP contribution in [0.5, 0.6) is 5.88 Å². The van der Waals surface area contributed by atoms with Crippen LogP contribution in [0.2, 0.25) is 0 Å². The van der Waals surface area contributed by atoms with E-state index in [0.29, 0.717) is 19.0 Å². The van der Waals surface area contributed by atoms with Crippen molar-refractivity contribution in [1.29, 1.82) is 0 Å². The fourth-order valence-corrected chi connectivity index (χ4v) is 2.41. The third-order valence-electron chi connectivity index (χ3n) is 2.86. The molecule has 0 bridgehead atoms. The molecule has 2 aromatic rings. The Kier molecular flexibility index (Phi) is 5.51. The van der Waals surface area contributed by atoms with E-state index in [1.165, 1.54) is 0 Å². The Bertz CT molecular complexity index is 574. The number of methoxy groups -OCH3 is 1. The molecule has 0 saturated heterocycles. The van der Waals surface area contributed by atoms with E-state index in [-0.39, 0.29) is 11.9 Å². The summed E-state index contributed by atoms with van der Waals surface area (Å²) in [4.78, 5) is 20.2. The molecule has 0 fully saturated rings. The van der Waals surface area contributed by atoms with Gasteiger partial charge in [-0.2, -0.15) is 0 Å². The van der Waals surface area contributed by atoms with Crippen LogP contribution in [-0.4, -0.2) is 29.7 Å². The average Bonchev–Trinajstić information content (AvgIpc) is 3.05. The second-order valence-corrected chi connectivity index (χ2v) is 5.43. The molecule has 7 heteroatoms. The number of nitrogens with one attached hydrogen (secondary N) is 2. The summed E-state index contributed by atoms with van der Waals surface area (Å²) in [6.07, 6.45) is 1.77. The molecule has 6 nitrogen and oxygen atoms in total. The lowest BCUT2D eigenvalue weighted by atomic mass is 10.2. The van der Waals surface area contributed by atoms with Crippen LogP contribution in [0, 0.1) is 0 Å². The van der Waals surface area contributed by atoms with Gasteiger partial charge < -0.3 is 15.4 Å². The number of ether oxygens (including phenoxy) is 1. The van der Waals surface area contributed by atoms with Crippen LogP contribution >= 0.6 is 11.3 Å². The van der Waals surface area contributed by atoms with E-state index in [4.69, 9.17) is 4.74 Å². The number of carbonyl (C=O) groups excluding carboxylic acids is 1. The molecule has 0 saturated carbocycles. The van der Waals surface area contributed by atoms with Crippen molar-refractivity contribution in [2.45, 2.75) is 19.4 Å². The Balaban J connectivity index is 1.74. The summed E-state index contributed by atoms with van der Waals surface area (Å²) in [7, 11) is 1.56. The van der Waals surface area contributed by atoms with Crippen molar-refractivity contribution < 1.29 is 9.53 Å². The van der Waals surface area contributed by atoms with Crippen molar-refractivity contribution in [3.05, 3.63) is 40.5 Å². The quantitative estimate of drug-likeness (QED) is 0.857. The Morgan fingerprint density at radius 2 is 2.29 bits per heavy atom. The van der Waals surface area contributed by atoms with Gasteiger partial charge in [-0.15, -0.1) is 11.3 Å². The van der Waals surface area contributed by atoms with Gasteiger partial charge in [0.2, 0.25) is 5.88 Å². The molecule has 0 spiro atoms. The predicted octanol–water partition coefficient (Wildman–Crippen LogP) is 2.15. The van der Waals surface area contributed by atoms with E-state index >= 15 is 0 Å². The zero-order chi connectivity index (χ0) is 15.1. The number of hydrogen-bond donors (Lipinski definition) is 2. The lowest BCUT2D eigenvalue weighted by molar-refractivity contribution is 0.240. The molecule has 2 N–H and O–H groups in total. The Labute approximate surface area is 127 Å². The predicted molar refractivity (Wildman–Crippen MR) is 81.6 cm³/mol. The summed E-state index contributed by atoms with van der Waals surface area (Å²) in [6, 6.07) is 5.22. The van der Waals surface area contributed by atoms with E-state index in [0.717, 1.165) is 10.7 Å². The number of aromatic nitrogens is 2. The standard InChI is InChI=1S/C14H18N4O2S/c1-10(13-15-6-7-21-13)8-16-14(19)17-9-11-4-3-5-12(18-11)20-2/h3-7,10H,8-9H2,1-2H3,(H2,16,17,19). The fraction of sp³-hybridized carbons (Fsp3) is 0.357. The van der Waals surface area contributed by atoms with Gasteiger partial charge in [-0.3, -0.25) is 0 Å². The summed E-state index contributed by atoms with van der Waals surface area (Å²) >= 11 is 1.59. The average molecular weight is 306 g/mol. The van der Waals surface area contributed by atoms with Crippen LogP contribution in [0.3, 0.4) is 0 Å².